The zero-order chi connectivity index (χ0) is 8.53. The molecule has 0 N–H and O–H groups in total. The Labute approximate surface area is 66.7 Å². The van der Waals surface area contributed by atoms with Gasteiger partial charge in [0, 0.05) is 12.8 Å². The molecule has 0 aliphatic heterocycles. The molecule has 0 atom stereocenters. The third-order valence-corrected chi connectivity index (χ3v) is 1.17. The number of aldehydes is 1. The van der Waals surface area contributed by atoms with Crippen LogP contribution in [0.5, 0.6) is 0 Å². The van der Waals surface area contributed by atoms with Gasteiger partial charge in [-0.1, -0.05) is 6.92 Å². The molecule has 0 fully saturated rings. The molecule has 0 spiro atoms. The van der Waals surface area contributed by atoms with E-state index in [0.29, 0.717) is 19.4 Å². The fourth-order valence-electron chi connectivity index (χ4n) is 0.668. The summed E-state index contributed by atoms with van der Waals surface area (Å²) >= 11 is 0. The van der Waals surface area contributed by atoms with Gasteiger partial charge in [0.1, 0.15) is 12.9 Å². The maximum absolute atomic E-state index is 10.8. The smallest absolute Gasteiger partial charge is 0.158 e. The second-order valence-corrected chi connectivity index (χ2v) is 2.30. The van der Waals surface area contributed by atoms with E-state index in [0.717, 1.165) is 12.7 Å². The summed E-state index contributed by atoms with van der Waals surface area (Å²) in [5.74, 6) is 0.110. The van der Waals surface area contributed by atoms with Crippen molar-refractivity contribution in [2.45, 2.75) is 26.2 Å². The predicted molar refractivity (Wildman–Crippen MR) is 41.4 cm³/mol. The molecule has 3 nitrogen and oxygen atoms in total. The zero-order valence-electron chi connectivity index (χ0n) is 6.84. The Bertz CT molecular complexity index is 121. The molecule has 11 heavy (non-hydrogen) atoms. The first kappa shape index (κ1) is 10.3. The minimum atomic E-state index is 0.110. The van der Waals surface area contributed by atoms with Gasteiger partial charge in [0.15, 0.2) is 5.78 Å². The minimum absolute atomic E-state index is 0.110. The summed E-state index contributed by atoms with van der Waals surface area (Å²) in [6, 6.07) is 0. The van der Waals surface area contributed by atoms with Gasteiger partial charge in [-0.2, -0.15) is 0 Å². The molecular weight excluding hydrogens is 144 g/mol. The van der Waals surface area contributed by atoms with Crippen molar-refractivity contribution in [3.63, 3.8) is 0 Å². The van der Waals surface area contributed by atoms with E-state index in [2.05, 4.69) is 0 Å². The van der Waals surface area contributed by atoms with Crippen molar-refractivity contribution >= 4 is 12.1 Å². The topological polar surface area (TPSA) is 43.4 Å². The molecule has 0 unspecified atom stereocenters. The van der Waals surface area contributed by atoms with Crippen LogP contribution in [0.4, 0.5) is 0 Å². The Morgan fingerprint density at radius 3 is 2.82 bits per heavy atom. The van der Waals surface area contributed by atoms with E-state index >= 15 is 0 Å². The Hall–Kier alpha value is -0.700. The molecule has 0 saturated heterocycles. The Morgan fingerprint density at radius 1 is 1.55 bits per heavy atom. The molecule has 0 radical (unpaired) electrons. The van der Waals surface area contributed by atoms with Crippen molar-refractivity contribution < 1.29 is 14.3 Å². The summed E-state index contributed by atoms with van der Waals surface area (Å²) < 4.78 is 4.91. The third kappa shape index (κ3) is 7.19. The first-order valence-electron chi connectivity index (χ1n) is 3.84. The van der Waals surface area contributed by atoms with Crippen LogP contribution in [0.3, 0.4) is 0 Å². The molecule has 0 aromatic carbocycles. The molecule has 0 saturated carbocycles. The quantitative estimate of drug-likeness (QED) is 0.409. The van der Waals surface area contributed by atoms with Gasteiger partial charge in [-0.05, 0) is 6.42 Å². The maximum atomic E-state index is 10.8. The predicted octanol–water partition coefficient (Wildman–Crippen LogP) is 0.961. The lowest BCUT2D eigenvalue weighted by atomic mass is 10.2. The lowest BCUT2D eigenvalue weighted by Crippen LogP contribution is -2.08. The van der Waals surface area contributed by atoms with Gasteiger partial charge in [0.25, 0.3) is 0 Å². The van der Waals surface area contributed by atoms with E-state index in [-0.39, 0.29) is 12.4 Å². The average molecular weight is 158 g/mol. The molecule has 64 valence electrons. The molecular formula is C8H14O3. The van der Waals surface area contributed by atoms with Gasteiger partial charge < -0.3 is 9.53 Å². The summed E-state index contributed by atoms with van der Waals surface area (Å²) in [6.07, 6.45) is 2.58. The van der Waals surface area contributed by atoms with Gasteiger partial charge in [-0.25, -0.2) is 0 Å². The highest BCUT2D eigenvalue weighted by molar-refractivity contribution is 5.79. The Kier molecular flexibility index (Phi) is 6.94. The standard InChI is InChI=1S/C8H14O3/c1-2-4-8(10)7-11-6-3-5-9/h5H,2-4,6-7H2,1H3. The molecule has 0 aliphatic carbocycles. The summed E-state index contributed by atoms with van der Waals surface area (Å²) in [5.41, 5.74) is 0. The fraction of sp³-hybridized carbons (Fsp3) is 0.750. The van der Waals surface area contributed by atoms with E-state index in [1.165, 1.54) is 0 Å². The van der Waals surface area contributed by atoms with Crippen LogP contribution < -0.4 is 0 Å². The lowest BCUT2D eigenvalue weighted by Gasteiger charge is -1.98. The van der Waals surface area contributed by atoms with Crippen molar-refractivity contribution in [3.8, 4) is 0 Å². The zero-order valence-corrected chi connectivity index (χ0v) is 6.84. The molecule has 0 aromatic heterocycles. The van der Waals surface area contributed by atoms with Gasteiger partial charge in [0.05, 0.1) is 6.61 Å². The highest BCUT2D eigenvalue weighted by atomic mass is 16.5. The number of carbonyl (C=O) groups is 2. The van der Waals surface area contributed by atoms with E-state index in [9.17, 15) is 9.59 Å². The van der Waals surface area contributed by atoms with E-state index in [1.807, 2.05) is 6.92 Å². The Balaban J connectivity index is 3.10. The van der Waals surface area contributed by atoms with Crippen LogP contribution in [-0.2, 0) is 14.3 Å². The average Bonchev–Trinajstić information content (AvgIpc) is 1.99. The molecule has 0 amide bonds. The first-order valence-corrected chi connectivity index (χ1v) is 3.84. The number of ketones is 1. The van der Waals surface area contributed by atoms with Gasteiger partial charge in [0.2, 0.25) is 0 Å². The lowest BCUT2D eigenvalue weighted by molar-refractivity contribution is -0.124. The van der Waals surface area contributed by atoms with Crippen molar-refractivity contribution in [2.24, 2.45) is 0 Å². The van der Waals surface area contributed by atoms with Crippen LogP contribution in [0, 0.1) is 0 Å². The highest BCUT2D eigenvalue weighted by Gasteiger charge is 1.98. The van der Waals surface area contributed by atoms with Crippen LogP contribution in [0.15, 0.2) is 0 Å². The number of Topliss-reactive ketones (excluding diaryl/α,β-unsaturated/α-hetero) is 1. The molecule has 0 bridgehead atoms. The summed E-state index contributed by atoms with van der Waals surface area (Å²) in [7, 11) is 0. The SMILES string of the molecule is CCCC(=O)COCCC=O. The van der Waals surface area contributed by atoms with Crippen molar-refractivity contribution in [3.05, 3.63) is 0 Å². The monoisotopic (exact) mass is 158 g/mol. The largest absolute Gasteiger partial charge is 0.373 e. The second-order valence-electron chi connectivity index (χ2n) is 2.30. The molecule has 0 aromatic rings. The van der Waals surface area contributed by atoms with Gasteiger partial charge >= 0.3 is 0 Å². The van der Waals surface area contributed by atoms with Gasteiger partial charge in [-0.3, -0.25) is 4.79 Å². The minimum Gasteiger partial charge on any atom is -0.373 e. The van der Waals surface area contributed by atoms with Crippen molar-refractivity contribution in [2.75, 3.05) is 13.2 Å². The number of ether oxygens (including phenoxy) is 1. The van der Waals surface area contributed by atoms with Crippen LogP contribution in [0.2, 0.25) is 0 Å². The van der Waals surface area contributed by atoms with Crippen LogP contribution in [0.1, 0.15) is 26.2 Å². The van der Waals surface area contributed by atoms with Crippen molar-refractivity contribution in [1.82, 2.24) is 0 Å². The number of carbonyl (C=O) groups excluding carboxylic acids is 2. The second kappa shape index (κ2) is 7.41. The number of rotatable bonds is 7. The molecule has 0 aliphatic rings. The van der Waals surface area contributed by atoms with E-state index in [4.69, 9.17) is 4.74 Å². The number of hydrogen-bond acceptors (Lipinski definition) is 3. The van der Waals surface area contributed by atoms with Crippen molar-refractivity contribution in [1.29, 1.82) is 0 Å². The maximum Gasteiger partial charge on any atom is 0.158 e. The highest BCUT2D eigenvalue weighted by Crippen LogP contribution is 1.90. The molecule has 0 heterocycles. The molecule has 0 rings (SSSR count). The van der Waals surface area contributed by atoms with Crippen LogP contribution >= 0.6 is 0 Å². The third-order valence-electron chi connectivity index (χ3n) is 1.17. The van der Waals surface area contributed by atoms with Crippen LogP contribution in [-0.4, -0.2) is 25.3 Å². The Morgan fingerprint density at radius 2 is 2.27 bits per heavy atom. The first-order chi connectivity index (χ1) is 5.31. The van der Waals surface area contributed by atoms with E-state index in [1.54, 1.807) is 0 Å². The van der Waals surface area contributed by atoms with Gasteiger partial charge in [-0.15, -0.1) is 0 Å². The fourth-order valence-corrected chi connectivity index (χ4v) is 0.668. The van der Waals surface area contributed by atoms with Crippen LogP contribution in [0.25, 0.3) is 0 Å². The number of hydrogen-bond donors (Lipinski definition) is 0. The summed E-state index contributed by atoms with van der Waals surface area (Å²) in [5, 5.41) is 0. The summed E-state index contributed by atoms with van der Waals surface area (Å²) in [4.78, 5) is 20.6. The molecule has 3 heteroatoms. The summed E-state index contributed by atoms with van der Waals surface area (Å²) in [6.45, 7) is 2.46. The van der Waals surface area contributed by atoms with E-state index < -0.39 is 0 Å². The normalized spacial score (nSPS) is 9.55.